The first-order chi connectivity index (χ1) is 13.9. The van der Waals surface area contributed by atoms with E-state index in [-0.39, 0.29) is 4.90 Å². The molecule has 0 bridgehead atoms. The Labute approximate surface area is 170 Å². The van der Waals surface area contributed by atoms with E-state index in [1.807, 2.05) is 19.1 Å². The van der Waals surface area contributed by atoms with Crippen LogP contribution >= 0.6 is 0 Å². The van der Waals surface area contributed by atoms with E-state index in [4.69, 9.17) is 4.65 Å². The standard InChI is InChI=1S/C21H21BN2O4S/c1-17-11-13-20(14-12-17)29(26,27)24-18(2)21(25)28-22(24,19-9-5-3-6-10-19)23-15-7-4-8-16-23/h3-16,18H,1-2H3/t18-,22-/m0/s1. The van der Waals surface area contributed by atoms with Gasteiger partial charge in [0.15, 0.2) is 0 Å². The lowest BCUT2D eigenvalue weighted by molar-refractivity contribution is -0.561. The quantitative estimate of drug-likeness (QED) is 0.616. The number of carbonyl (C=O) groups excluding carboxylic acids is 1. The molecule has 0 radical (unpaired) electrons. The number of rotatable bonds is 4. The van der Waals surface area contributed by atoms with E-state index >= 15 is 0 Å². The highest BCUT2D eigenvalue weighted by Crippen LogP contribution is 2.30. The Kier molecular flexibility index (Phi) is 4.76. The Balaban J connectivity index is 2.01. The summed E-state index contributed by atoms with van der Waals surface area (Å²) in [6.45, 7) is 0.886. The molecule has 6 nitrogen and oxygen atoms in total. The molecule has 1 fully saturated rings. The molecule has 2 aromatic carbocycles. The maximum atomic E-state index is 13.8. The van der Waals surface area contributed by atoms with Gasteiger partial charge in [-0.1, -0.05) is 59.6 Å². The molecule has 8 heteroatoms. The van der Waals surface area contributed by atoms with Crippen LogP contribution in [0.4, 0.5) is 0 Å². The Bertz CT molecular complexity index is 1100. The van der Waals surface area contributed by atoms with Crippen LogP contribution in [0, 0.1) is 6.92 Å². The number of sulfonamides is 1. The van der Waals surface area contributed by atoms with Crippen molar-refractivity contribution in [2.75, 3.05) is 0 Å². The average Bonchev–Trinajstić information content (AvgIpc) is 3.02. The van der Waals surface area contributed by atoms with Gasteiger partial charge in [-0.2, -0.15) is 0 Å². The summed E-state index contributed by atoms with van der Waals surface area (Å²) >= 11 is 0. The number of carbonyl (C=O) groups is 1. The van der Waals surface area contributed by atoms with Gasteiger partial charge in [-0.3, -0.25) is 4.79 Å². The van der Waals surface area contributed by atoms with Crippen molar-refractivity contribution >= 4 is 28.1 Å². The molecule has 0 unspecified atom stereocenters. The third kappa shape index (κ3) is 3.05. The van der Waals surface area contributed by atoms with E-state index in [1.165, 1.54) is 4.22 Å². The van der Waals surface area contributed by atoms with Crippen molar-refractivity contribution in [2.45, 2.75) is 24.8 Å². The zero-order chi connectivity index (χ0) is 20.6. The van der Waals surface area contributed by atoms with Crippen LogP contribution in [0.5, 0.6) is 0 Å². The van der Waals surface area contributed by atoms with Crippen molar-refractivity contribution < 1.29 is 22.3 Å². The van der Waals surface area contributed by atoms with Crippen molar-refractivity contribution in [1.29, 1.82) is 0 Å². The molecular weight excluding hydrogens is 387 g/mol. The number of nitrogens with zero attached hydrogens (tertiary/aromatic N) is 2. The summed E-state index contributed by atoms with van der Waals surface area (Å²) < 4.78 is 36.3. The first-order valence-corrected chi connectivity index (χ1v) is 10.8. The molecular formula is C21H21BN2O4S. The number of aryl methyl sites for hydroxylation is 1. The average molecular weight is 408 g/mol. The Morgan fingerprint density at radius 2 is 1.52 bits per heavy atom. The molecule has 1 aliphatic rings. The summed E-state index contributed by atoms with van der Waals surface area (Å²) in [6.07, 6.45) is 3.44. The molecule has 2 heterocycles. The minimum atomic E-state index is -4.05. The van der Waals surface area contributed by atoms with E-state index in [0.29, 0.717) is 5.46 Å². The highest BCUT2D eigenvalue weighted by atomic mass is 32.2. The maximum absolute atomic E-state index is 13.8. The summed E-state index contributed by atoms with van der Waals surface area (Å²) in [4.78, 5) is 12.9. The molecule has 1 saturated heterocycles. The van der Waals surface area contributed by atoms with Crippen molar-refractivity contribution in [2.24, 2.45) is 0 Å². The van der Waals surface area contributed by atoms with Crippen molar-refractivity contribution in [3.8, 4) is 0 Å². The molecule has 0 amide bonds. The number of hydrogen-bond donors (Lipinski definition) is 0. The highest BCUT2D eigenvalue weighted by molar-refractivity contribution is 7.90. The van der Waals surface area contributed by atoms with Gasteiger partial charge in [-0.05, 0) is 38.1 Å². The lowest BCUT2D eigenvalue weighted by Crippen LogP contribution is -2.80. The molecule has 4 rings (SSSR count). The normalized spacial score (nSPS) is 22.4. The summed E-state index contributed by atoms with van der Waals surface area (Å²) in [5, 5.41) is 0. The van der Waals surface area contributed by atoms with Crippen LogP contribution in [-0.2, 0) is 19.5 Å². The van der Waals surface area contributed by atoms with Crippen LogP contribution < -0.4 is 9.94 Å². The van der Waals surface area contributed by atoms with Crippen molar-refractivity contribution in [3.63, 3.8) is 0 Å². The fourth-order valence-corrected chi connectivity index (χ4v) is 5.75. The number of pyridine rings is 1. The Hall–Kier alpha value is -2.97. The van der Waals surface area contributed by atoms with Crippen LogP contribution in [0.15, 0.2) is 90.1 Å². The summed E-state index contributed by atoms with van der Waals surface area (Å²) in [7, 11) is -4.05. The highest BCUT2D eigenvalue weighted by Gasteiger charge is 2.63. The predicted molar refractivity (Wildman–Crippen MR) is 110 cm³/mol. The zero-order valence-corrected chi connectivity index (χ0v) is 17.0. The largest absolute Gasteiger partial charge is 0.613 e. The minimum Gasteiger partial charge on any atom is -0.613 e. The third-order valence-corrected chi connectivity index (χ3v) is 7.35. The van der Waals surface area contributed by atoms with E-state index in [0.717, 1.165) is 5.56 Å². The van der Waals surface area contributed by atoms with Gasteiger partial charge in [0.05, 0.1) is 10.9 Å². The molecule has 0 spiro atoms. The van der Waals surface area contributed by atoms with Gasteiger partial charge >= 0.3 is 6.62 Å². The zero-order valence-electron chi connectivity index (χ0n) is 16.2. The second-order valence-electron chi connectivity index (χ2n) is 7.20. The van der Waals surface area contributed by atoms with Crippen LogP contribution in [0.1, 0.15) is 12.5 Å². The second kappa shape index (κ2) is 7.13. The maximum Gasteiger partial charge on any atom is 0.581 e. The van der Waals surface area contributed by atoms with Gasteiger partial charge in [-0.15, -0.1) is 0 Å². The molecule has 3 aromatic rings. The van der Waals surface area contributed by atoms with Crippen LogP contribution in [0.25, 0.3) is 0 Å². The van der Waals surface area contributed by atoms with E-state index in [9.17, 15) is 13.2 Å². The predicted octanol–water partition coefficient (Wildman–Crippen LogP) is 1.61. The number of hydrogen-bond acceptors (Lipinski definition) is 4. The van der Waals surface area contributed by atoms with Gasteiger partial charge in [0.25, 0.3) is 5.97 Å². The fraction of sp³-hybridized carbons (Fsp3) is 0.143. The van der Waals surface area contributed by atoms with Crippen molar-refractivity contribution in [3.05, 3.63) is 90.8 Å². The fourth-order valence-electron chi connectivity index (χ4n) is 3.88. The van der Waals surface area contributed by atoms with Gasteiger partial charge in [0.1, 0.15) is 12.4 Å². The molecule has 0 saturated carbocycles. The molecule has 1 aliphatic heterocycles. The van der Waals surface area contributed by atoms with E-state index in [1.54, 1.807) is 84.5 Å². The van der Waals surface area contributed by atoms with Gasteiger partial charge in [0.2, 0.25) is 10.0 Å². The summed E-state index contributed by atoms with van der Waals surface area (Å²) in [5.74, 6) is -0.583. The summed E-state index contributed by atoms with van der Waals surface area (Å²) in [5.41, 5.74) is 1.54. The topological polar surface area (TPSA) is 67.6 Å². The summed E-state index contributed by atoms with van der Waals surface area (Å²) in [6, 6.07) is 20.0. The lowest BCUT2D eigenvalue weighted by atomic mass is 9.58. The smallest absolute Gasteiger partial charge is 0.581 e. The van der Waals surface area contributed by atoms with Gasteiger partial charge < -0.3 is 9.13 Å². The monoisotopic (exact) mass is 408 g/mol. The van der Waals surface area contributed by atoms with Gasteiger partial charge in [-0.25, -0.2) is 12.6 Å². The van der Waals surface area contributed by atoms with Crippen LogP contribution in [0.3, 0.4) is 0 Å². The Morgan fingerprint density at radius 1 is 0.931 bits per heavy atom. The molecule has 0 N–H and O–H groups in total. The first kappa shape index (κ1) is 19.4. The van der Waals surface area contributed by atoms with Gasteiger partial charge in [0, 0.05) is 0 Å². The third-order valence-electron chi connectivity index (χ3n) is 5.32. The van der Waals surface area contributed by atoms with Crippen LogP contribution in [0.2, 0.25) is 0 Å². The van der Waals surface area contributed by atoms with E-state index in [2.05, 4.69) is 0 Å². The first-order valence-electron chi connectivity index (χ1n) is 9.38. The SMILES string of the molecule is Cc1ccc(S(=O)(=O)N2[C@@H](C)C(=O)O[B@@-]2(c2ccccc2)[n+]2ccccc2)cc1. The molecule has 0 aliphatic carbocycles. The van der Waals surface area contributed by atoms with Crippen molar-refractivity contribution in [1.82, 2.24) is 4.22 Å². The minimum absolute atomic E-state index is 0.118. The van der Waals surface area contributed by atoms with E-state index < -0.39 is 28.7 Å². The molecule has 29 heavy (non-hydrogen) atoms. The molecule has 148 valence electrons. The second-order valence-corrected chi connectivity index (χ2v) is 9.04. The molecule has 2 atom stereocenters. The number of aromatic nitrogens is 1. The van der Waals surface area contributed by atoms with Crippen LogP contribution in [-0.4, -0.2) is 31.3 Å². The molecule has 1 aromatic heterocycles. The number of benzene rings is 2. The Morgan fingerprint density at radius 3 is 2.14 bits per heavy atom. The lowest BCUT2D eigenvalue weighted by Gasteiger charge is -2.37.